The van der Waals surface area contributed by atoms with Crippen LogP contribution >= 0.6 is 0 Å². The summed E-state index contributed by atoms with van der Waals surface area (Å²) in [5.74, 6) is -0.984. The highest BCUT2D eigenvalue weighted by Crippen LogP contribution is 2.31. The van der Waals surface area contributed by atoms with E-state index in [1.54, 1.807) is 7.11 Å². The Hall–Kier alpha value is -0.950. The summed E-state index contributed by atoms with van der Waals surface area (Å²) in [6.07, 6.45) is 3.56. The highest BCUT2D eigenvalue weighted by molar-refractivity contribution is 5.70. The van der Waals surface area contributed by atoms with Crippen molar-refractivity contribution in [3.8, 4) is 0 Å². The normalized spacial score (nSPS) is 37.6. The monoisotopic (exact) mass is 300 g/mol. The van der Waals surface area contributed by atoms with Crippen molar-refractivity contribution in [2.75, 3.05) is 13.9 Å². The molecule has 6 nitrogen and oxygen atoms in total. The maximum atomic E-state index is 11.9. The van der Waals surface area contributed by atoms with Crippen LogP contribution in [0.25, 0.3) is 0 Å². The lowest BCUT2D eigenvalue weighted by Crippen LogP contribution is -2.30. The van der Waals surface area contributed by atoms with Gasteiger partial charge in [0, 0.05) is 13.5 Å². The lowest BCUT2D eigenvalue weighted by Gasteiger charge is -2.22. The summed E-state index contributed by atoms with van der Waals surface area (Å²) in [5, 5.41) is 0. The van der Waals surface area contributed by atoms with Crippen LogP contribution in [0.2, 0.25) is 0 Å². The quantitative estimate of drug-likeness (QED) is 0.450. The first-order chi connectivity index (χ1) is 9.89. The molecule has 0 aromatic rings. The molecular weight excluding hydrogens is 276 g/mol. The summed E-state index contributed by atoms with van der Waals surface area (Å²) >= 11 is 0. The van der Waals surface area contributed by atoms with E-state index in [1.807, 2.05) is 32.9 Å². The van der Waals surface area contributed by atoms with Crippen molar-refractivity contribution >= 4 is 5.97 Å². The third-order valence-corrected chi connectivity index (χ3v) is 3.40. The van der Waals surface area contributed by atoms with Crippen LogP contribution in [0.5, 0.6) is 0 Å². The van der Waals surface area contributed by atoms with Gasteiger partial charge in [-0.25, -0.2) is 0 Å². The van der Waals surface area contributed by atoms with Gasteiger partial charge in [0.15, 0.2) is 5.79 Å². The maximum absolute atomic E-state index is 11.9. The molecule has 0 aromatic heterocycles. The fourth-order valence-corrected chi connectivity index (χ4v) is 2.59. The number of carbonyl (C=O) groups is 1. The number of carbonyl (C=O) groups excluding carboxylic acids is 1. The van der Waals surface area contributed by atoms with E-state index in [0.29, 0.717) is 6.42 Å². The van der Waals surface area contributed by atoms with Crippen molar-refractivity contribution in [3.63, 3.8) is 0 Å². The van der Waals surface area contributed by atoms with Crippen molar-refractivity contribution in [2.45, 2.75) is 63.8 Å². The van der Waals surface area contributed by atoms with Gasteiger partial charge in [0.25, 0.3) is 0 Å². The van der Waals surface area contributed by atoms with E-state index in [1.165, 1.54) is 0 Å². The molecule has 0 N–H and O–H groups in total. The molecule has 0 spiro atoms. The molecule has 0 radical (unpaired) electrons. The zero-order valence-electron chi connectivity index (χ0n) is 13.0. The van der Waals surface area contributed by atoms with Crippen LogP contribution in [0.3, 0.4) is 0 Å². The second kappa shape index (κ2) is 6.87. The number of cyclic esters (lactones) is 1. The van der Waals surface area contributed by atoms with Gasteiger partial charge < -0.3 is 23.7 Å². The summed E-state index contributed by atoms with van der Waals surface area (Å²) in [6, 6.07) is 0. The third kappa shape index (κ3) is 4.78. The third-order valence-electron chi connectivity index (χ3n) is 3.40. The topological polar surface area (TPSA) is 63.2 Å². The van der Waals surface area contributed by atoms with Gasteiger partial charge in [-0.2, -0.15) is 0 Å². The zero-order chi connectivity index (χ0) is 15.5. The Morgan fingerprint density at radius 2 is 2.10 bits per heavy atom. The minimum Gasteiger partial charge on any atom is -0.462 e. The lowest BCUT2D eigenvalue weighted by molar-refractivity contribution is -0.159. The lowest BCUT2D eigenvalue weighted by atomic mass is 10.1. The Labute approximate surface area is 125 Å². The molecule has 6 heteroatoms. The smallest absolute Gasteiger partial charge is 0.308 e. The average Bonchev–Trinajstić information content (AvgIpc) is 2.66. The van der Waals surface area contributed by atoms with Crippen LogP contribution in [-0.4, -0.2) is 50.1 Å². The predicted molar refractivity (Wildman–Crippen MR) is 74.5 cm³/mol. The van der Waals surface area contributed by atoms with Crippen LogP contribution < -0.4 is 0 Å². The SMILES string of the molecule is COCO[C@@H]1/C=C/[C@@H]2OC(C)(C)O[C@H]2CC(=O)O[C@H](C)C1. The van der Waals surface area contributed by atoms with Gasteiger partial charge in [-0.3, -0.25) is 4.79 Å². The molecule has 2 aliphatic rings. The number of rotatable bonds is 3. The average molecular weight is 300 g/mol. The molecule has 0 unspecified atom stereocenters. The molecule has 1 fully saturated rings. The summed E-state index contributed by atoms with van der Waals surface area (Å²) in [7, 11) is 1.57. The van der Waals surface area contributed by atoms with Crippen molar-refractivity contribution in [1.82, 2.24) is 0 Å². The fraction of sp³-hybridized carbons (Fsp3) is 0.800. The molecule has 0 aromatic carbocycles. The van der Waals surface area contributed by atoms with Crippen LogP contribution in [0.1, 0.15) is 33.6 Å². The molecule has 21 heavy (non-hydrogen) atoms. The fourth-order valence-electron chi connectivity index (χ4n) is 2.59. The number of methoxy groups -OCH3 is 1. The Kier molecular flexibility index (Phi) is 5.37. The summed E-state index contributed by atoms with van der Waals surface area (Å²) in [5.41, 5.74) is 0. The van der Waals surface area contributed by atoms with Gasteiger partial charge in [-0.1, -0.05) is 12.2 Å². The standard InChI is InChI=1S/C15H24O6/c1-10-7-11(18-9-17-4)5-6-12-13(8-14(16)19-10)21-15(2,3)20-12/h5-6,10-13H,7-9H2,1-4H3/b6-5+/t10-,11-,12+,13+/m1/s1. The van der Waals surface area contributed by atoms with Gasteiger partial charge in [-0.15, -0.1) is 0 Å². The van der Waals surface area contributed by atoms with Crippen LogP contribution in [0, 0.1) is 0 Å². The van der Waals surface area contributed by atoms with Gasteiger partial charge in [-0.05, 0) is 20.8 Å². The van der Waals surface area contributed by atoms with Crippen LogP contribution in [0.4, 0.5) is 0 Å². The number of fused-ring (bicyclic) bond motifs is 1. The Balaban J connectivity index is 2.13. The number of hydrogen-bond donors (Lipinski definition) is 0. The zero-order valence-corrected chi connectivity index (χ0v) is 13.0. The van der Waals surface area contributed by atoms with Crippen LogP contribution in [-0.2, 0) is 28.5 Å². The molecule has 2 aliphatic heterocycles. The van der Waals surface area contributed by atoms with E-state index in [9.17, 15) is 4.79 Å². The molecule has 2 rings (SSSR count). The Morgan fingerprint density at radius 3 is 2.81 bits per heavy atom. The second-order valence-electron chi connectivity index (χ2n) is 5.88. The molecule has 0 saturated carbocycles. The Morgan fingerprint density at radius 1 is 1.33 bits per heavy atom. The number of hydrogen-bond acceptors (Lipinski definition) is 6. The van der Waals surface area contributed by atoms with Crippen molar-refractivity contribution in [3.05, 3.63) is 12.2 Å². The Bertz CT molecular complexity index is 392. The van der Waals surface area contributed by atoms with Crippen molar-refractivity contribution in [1.29, 1.82) is 0 Å². The van der Waals surface area contributed by atoms with Crippen molar-refractivity contribution < 1.29 is 28.5 Å². The van der Waals surface area contributed by atoms with Crippen LogP contribution in [0.15, 0.2) is 12.2 Å². The summed E-state index contributed by atoms with van der Waals surface area (Å²) in [6.45, 7) is 5.71. The first-order valence-corrected chi connectivity index (χ1v) is 7.23. The number of ether oxygens (including phenoxy) is 5. The largest absolute Gasteiger partial charge is 0.462 e. The van der Waals surface area contributed by atoms with Gasteiger partial charge in [0.2, 0.25) is 0 Å². The molecule has 1 saturated heterocycles. The minimum atomic E-state index is -0.706. The van der Waals surface area contributed by atoms with E-state index in [0.717, 1.165) is 0 Å². The van der Waals surface area contributed by atoms with E-state index >= 15 is 0 Å². The molecule has 0 aliphatic carbocycles. The molecule has 2 heterocycles. The van der Waals surface area contributed by atoms with E-state index in [-0.39, 0.29) is 43.6 Å². The minimum absolute atomic E-state index is 0.187. The molecule has 0 bridgehead atoms. The highest BCUT2D eigenvalue weighted by Gasteiger charge is 2.41. The molecule has 0 amide bonds. The van der Waals surface area contributed by atoms with Crippen molar-refractivity contribution in [2.24, 2.45) is 0 Å². The molecule has 4 atom stereocenters. The number of esters is 1. The summed E-state index contributed by atoms with van der Waals surface area (Å²) in [4.78, 5) is 11.9. The van der Waals surface area contributed by atoms with E-state index in [2.05, 4.69) is 0 Å². The predicted octanol–water partition coefficient (Wildman–Crippen LogP) is 1.78. The first-order valence-electron chi connectivity index (χ1n) is 7.23. The maximum Gasteiger partial charge on any atom is 0.308 e. The second-order valence-corrected chi connectivity index (χ2v) is 5.88. The van der Waals surface area contributed by atoms with Gasteiger partial charge >= 0.3 is 5.97 Å². The van der Waals surface area contributed by atoms with Gasteiger partial charge in [0.05, 0.1) is 12.5 Å². The molecule has 120 valence electrons. The van der Waals surface area contributed by atoms with E-state index < -0.39 is 5.79 Å². The van der Waals surface area contributed by atoms with Gasteiger partial charge in [0.1, 0.15) is 25.1 Å². The van der Waals surface area contributed by atoms with E-state index in [4.69, 9.17) is 23.7 Å². The molecular formula is C15H24O6. The highest BCUT2D eigenvalue weighted by atomic mass is 16.8. The first kappa shape index (κ1) is 16.4. The summed E-state index contributed by atoms with van der Waals surface area (Å²) < 4.78 is 27.5.